The maximum atomic E-state index is 13.1. The predicted molar refractivity (Wildman–Crippen MR) is 80.7 cm³/mol. The lowest BCUT2D eigenvalue weighted by atomic mass is 9.78. The zero-order chi connectivity index (χ0) is 15.1. The van der Waals surface area contributed by atoms with Crippen molar-refractivity contribution in [2.24, 2.45) is 0 Å². The van der Waals surface area contributed by atoms with Crippen LogP contribution in [-0.4, -0.2) is 25.7 Å². The molecule has 0 unspecified atom stereocenters. The van der Waals surface area contributed by atoms with Crippen LogP contribution in [0.5, 0.6) is 0 Å². The maximum Gasteiger partial charge on any atom is 0.230 e. The lowest BCUT2D eigenvalue weighted by Gasteiger charge is -2.28. The van der Waals surface area contributed by atoms with Gasteiger partial charge in [-0.25, -0.2) is 4.39 Å². The van der Waals surface area contributed by atoms with Crippen molar-refractivity contribution in [2.75, 3.05) is 19.8 Å². The molecule has 1 N–H and O–H groups in total. The highest BCUT2D eigenvalue weighted by molar-refractivity contribution is 5.88. The van der Waals surface area contributed by atoms with Gasteiger partial charge >= 0.3 is 0 Å². The fourth-order valence-electron chi connectivity index (χ4n) is 3.08. The Hall–Kier alpha value is -1.42. The SMILES string of the molecule is CCOCCCNC(=O)C1(c2ccc(F)cc2)CCCC1. The van der Waals surface area contributed by atoms with Crippen molar-refractivity contribution in [3.63, 3.8) is 0 Å². The van der Waals surface area contributed by atoms with Crippen LogP contribution in [0, 0.1) is 5.82 Å². The molecule has 0 atom stereocenters. The van der Waals surface area contributed by atoms with Gasteiger partial charge in [0.2, 0.25) is 5.91 Å². The third kappa shape index (κ3) is 3.82. The Morgan fingerprint density at radius 2 is 1.95 bits per heavy atom. The molecule has 1 fully saturated rings. The number of ether oxygens (including phenoxy) is 1. The number of hydrogen-bond acceptors (Lipinski definition) is 2. The Kier molecular flexibility index (Phi) is 5.74. The van der Waals surface area contributed by atoms with Crippen LogP contribution in [0.2, 0.25) is 0 Å². The molecule has 2 rings (SSSR count). The van der Waals surface area contributed by atoms with Crippen LogP contribution in [0.1, 0.15) is 44.6 Å². The molecule has 0 heterocycles. The molecular weight excluding hydrogens is 269 g/mol. The summed E-state index contributed by atoms with van der Waals surface area (Å²) in [4.78, 5) is 12.6. The zero-order valence-electron chi connectivity index (χ0n) is 12.7. The van der Waals surface area contributed by atoms with Crippen molar-refractivity contribution in [1.29, 1.82) is 0 Å². The average Bonchev–Trinajstić information content (AvgIpc) is 2.98. The summed E-state index contributed by atoms with van der Waals surface area (Å²) in [7, 11) is 0. The molecule has 1 saturated carbocycles. The van der Waals surface area contributed by atoms with Gasteiger partial charge in [-0.15, -0.1) is 0 Å². The van der Waals surface area contributed by atoms with E-state index in [2.05, 4.69) is 5.32 Å². The third-order valence-corrected chi connectivity index (χ3v) is 4.24. The molecule has 1 aliphatic carbocycles. The van der Waals surface area contributed by atoms with Gasteiger partial charge in [0.1, 0.15) is 5.82 Å². The van der Waals surface area contributed by atoms with Crippen molar-refractivity contribution in [3.8, 4) is 0 Å². The van der Waals surface area contributed by atoms with Crippen molar-refractivity contribution in [3.05, 3.63) is 35.6 Å². The Morgan fingerprint density at radius 1 is 1.29 bits per heavy atom. The van der Waals surface area contributed by atoms with Crippen LogP contribution in [0.25, 0.3) is 0 Å². The van der Waals surface area contributed by atoms with E-state index in [0.717, 1.165) is 37.7 Å². The first-order chi connectivity index (χ1) is 10.2. The predicted octanol–water partition coefficient (Wildman–Crippen LogP) is 3.18. The largest absolute Gasteiger partial charge is 0.382 e. The van der Waals surface area contributed by atoms with Crippen molar-refractivity contribution < 1.29 is 13.9 Å². The number of carbonyl (C=O) groups excluding carboxylic acids is 1. The van der Waals surface area contributed by atoms with Crippen molar-refractivity contribution in [2.45, 2.75) is 44.4 Å². The summed E-state index contributed by atoms with van der Waals surface area (Å²) in [6, 6.07) is 6.39. The van der Waals surface area contributed by atoms with E-state index in [-0.39, 0.29) is 11.7 Å². The van der Waals surface area contributed by atoms with E-state index in [1.54, 1.807) is 12.1 Å². The lowest BCUT2D eigenvalue weighted by molar-refractivity contribution is -0.126. The van der Waals surface area contributed by atoms with E-state index in [1.807, 2.05) is 6.92 Å². The molecule has 1 aromatic rings. The first-order valence-electron chi connectivity index (χ1n) is 7.81. The van der Waals surface area contributed by atoms with Crippen LogP contribution in [0.3, 0.4) is 0 Å². The minimum Gasteiger partial charge on any atom is -0.382 e. The zero-order valence-corrected chi connectivity index (χ0v) is 12.7. The topological polar surface area (TPSA) is 38.3 Å². The minimum atomic E-state index is -0.473. The lowest BCUT2D eigenvalue weighted by Crippen LogP contribution is -2.43. The summed E-state index contributed by atoms with van der Waals surface area (Å²) in [5, 5.41) is 3.02. The van der Waals surface area contributed by atoms with Crippen molar-refractivity contribution >= 4 is 5.91 Å². The van der Waals surface area contributed by atoms with E-state index in [9.17, 15) is 9.18 Å². The summed E-state index contributed by atoms with van der Waals surface area (Å²) < 4.78 is 18.4. The average molecular weight is 293 g/mol. The highest BCUT2D eigenvalue weighted by Crippen LogP contribution is 2.41. The molecule has 21 heavy (non-hydrogen) atoms. The van der Waals surface area contributed by atoms with E-state index in [1.165, 1.54) is 12.1 Å². The number of halogens is 1. The van der Waals surface area contributed by atoms with Gasteiger partial charge in [-0.1, -0.05) is 25.0 Å². The van der Waals surface area contributed by atoms with E-state index >= 15 is 0 Å². The summed E-state index contributed by atoms with van der Waals surface area (Å²) in [5.41, 5.74) is 0.461. The molecule has 0 radical (unpaired) electrons. The molecule has 0 saturated heterocycles. The number of carbonyl (C=O) groups is 1. The van der Waals surface area contributed by atoms with Crippen LogP contribution in [-0.2, 0) is 14.9 Å². The second-order valence-corrected chi connectivity index (χ2v) is 5.60. The Balaban J connectivity index is 2.00. The Labute approximate surface area is 125 Å². The fourth-order valence-corrected chi connectivity index (χ4v) is 3.08. The van der Waals surface area contributed by atoms with E-state index < -0.39 is 5.41 Å². The fraction of sp³-hybridized carbons (Fsp3) is 0.588. The van der Waals surface area contributed by atoms with Crippen LogP contribution >= 0.6 is 0 Å². The molecule has 1 aliphatic rings. The molecule has 1 amide bonds. The molecule has 0 aliphatic heterocycles. The first-order valence-corrected chi connectivity index (χ1v) is 7.81. The maximum absolute atomic E-state index is 13.1. The Morgan fingerprint density at radius 3 is 2.57 bits per heavy atom. The molecule has 0 spiro atoms. The molecule has 0 aromatic heterocycles. The van der Waals surface area contributed by atoms with Gasteiger partial charge in [0, 0.05) is 19.8 Å². The van der Waals surface area contributed by atoms with Gasteiger partial charge in [-0.3, -0.25) is 4.79 Å². The summed E-state index contributed by atoms with van der Waals surface area (Å²) in [5.74, 6) is -0.188. The number of nitrogens with one attached hydrogen (secondary N) is 1. The van der Waals surface area contributed by atoms with Gasteiger partial charge in [-0.05, 0) is 43.9 Å². The van der Waals surface area contributed by atoms with Crippen LogP contribution in [0.15, 0.2) is 24.3 Å². The molecule has 0 bridgehead atoms. The molecule has 116 valence electrons. The van der Waals surface area contributed by atoms with E-state index in [4.69, 9.17) is 4.74 Å². The minimum absolute atomic E-state index is 0.0723. The first kappa shape index (κ1) is 16.0. The van der Waals surface area contributed by atoms with Gasteiger partial charge in [-0.2, -0.15) is 0 Å². The highest BCUT2D eigenvalue weighted by atomic mass is 19.1. The van der Waals surface area contributed by atoms with Gasteiger partial charge in [0.05, 0.1) is 5.41 Å². The summed E-state index contributed by atoms with van der Waals surface area (Å²) in [6.07, 6.45) is 4.60. The molecule has 3 nitrogen and oxygen atoms in total. The second-order valence-electron chi connectivity index (χ2n) is 5.60. The third-order valence-electron chi connectivity index (χ3n) is 4.24. The molecular formula is C17H24FNO2. The standard InChI is InChI=1S/C17H24FNO2/c1-2-21-13-5-12-19-16(20)17(10-3-4-11-17)14-6-8-15(18)9-7-14/h6-9H,2-5,10-13H2,1H3,(H,19,20). The smallest absolute Gasteiger partial charge is 0.230 e. The summed E-state index contributed by atoms with van der Waals surface area (Å²) >= 11 is 0. The van der Waals surface area contributed by atoms with Crippen LogP contribution in [0.4, 0.5) is 4.39 Å². The van der Waals surface area contributed by atoms with Crippen LogP contribution < -0.4 is 5.32 Å². The second kappa shape index (κ2) is 7.55. The number of rotatable bonds is 7. The number of hydrogen-bond donors (Lipinski definition) is 1. The van der Waals surface area contributed by atoms with Gasteiger partial charge < -0.3 is 10.1 Å². The quantitative estimate of drug-likeness (QED) is 0.784. The monoisotopic (exact) mass is 293 g/mol. The van der Waals surface area contributed by atoms with Gasteiger partial charge in [0.25, 0.3) is 0 Å². The Bertz CT molecular complexity index is 452. The highest BCUT2D eigenvalue weighted by Gasteiger charge is 2.42. The van der Waals surface area contributed by atoms with E-state index in [0.29, 0.717) is 19.8 Å². The molecule has 4 heteroatoms. The van der Waals surface area contributed by atoms with Crippen molar-refractivity contribution in [1.82, 2.24) is 5.32 Å². The number of benzene rings is 1. The number of amides is 1. The normalized spacial score (nSPS) is 16.9. The van der Waals surface area contributed by atoms with Gasteiger partial charge in [0.15, 0.2) is 0 Å². The molecule has 1 aromatic carbocycles. The summed E-state index contributed by atoms with van der Waals surface area (Å²) in [6.45, 7) is 3.95.